The topological polar surface area (TPSA) is 59.8 Å². The van der Waals surface area contributed by atoms with Crippen molar-refractivity contribution in [2.24, 2.45) is 5.92 Å². The number of nitrogens with zero attached hydrogens (tertiary/aromatic N) is 3. The summed E-state index contributed by atoms with van der Waals surface area (Å²) in [6, 6.07) is 13.4. The van der Waals surface area contributed by atoms with E-state index >= 15 is 0 Å². The number of β-amino-alcohol motifs (C(OH)–C–C–N with tert-alkyl or cyclic N) is 1. The van der Waals surface area contributed by atoms with Gasteiger partial charge in [0.2, 0.25) is 0 Å². The van der Waals surface area contributed by atoms with Crippen LogP contribution in [0, 0.1) is 18.3 Å². The van der Waals surface area contributed by atoms with Crippen molar-refractivity contribution in [1.29, 1.82) is 0 Å². The van der Waals surface area contributed by atoms with Gasteiger partial charge in [0.1, 0.15) is 29.7 Å². The molecule has 5 nitrogen and oxygen atoms in total. The highest BCUT2D eigenvalue weighted by Crippen LogP contribution is 2.48. The van der Waals surface area contributed by atoms with Crippen molar-refractivity contribution in [3.8, 4) is 12.3 Å². The predicted octanol–water partition coefficient (Wildman–Crippen LogP) is 2.11. The minimum atomic E-state index is -1.28. The average Bonchev–Trinajstić information content (AvgIpc) is 3.13. The number of alkyl halides is 1. The molecule has 31 heavy (non-hydrogen) atoms. The number of piperidine rings is 3. The Balaban J connectivity index is 1.58. The summed E-state index contributed by atoms with van der Waals surface area (Å²) in [5.74, 6) is 3.56. The van der Waals surface area contributed by atoms with E-state index in [1.807, 2.05) is 42.5 Å². The Labute approximate surface area is 182 Å². The van der Waals surface area contributed by atoms with Gasteiger partial charge in [-0.15, -0.1) is 6.42 Å². The molecule has 162 valence electrons. The van der Waals surface area contributed by atoms with E-state index in [9.17, 15) is 14.6 Å². The molecule has 1 aromatic carbocycles. The molecule has 0 radical (unpaired) electrons. The summed E-state index contributed by atoms with van der Waals surface area (Å²) in [4.78, 5) is 8.86. The van der Waals surface area contributed by atoms with Gasteiger partial charge in [0.15, 0.2) is 0 Å². The molecule has 4 aliphatic heterocycles. The Morgan fingerprint density at radius 3 is 2.52 bits per heavy atom. The summed E-state index contributed by atoms with van der Waals surface area (Å²) in [5.41, 5.74) is 1.46. The van der Waals surface area contributed by atoms with E-state index in [4.69, 9.17) is 11.4 Å². The molecule has 1 unspecified atom stereocenters. The van der Waals surface area contributed by atoms with E-state index in [2.05, 4.69) is 10.8 Å². The zero-order chi connectivity index (χ0) is 21.6. The molecule has 4 atom stereocenters. The third kappa shape index (κ3) is 3.41. The zero-order valence-corrected chi connectivity index (χ0v) is 17.5. The minimum Gasteiger partial charge on any atom is -0.388 e. The van der Waals surface area contributed by atoms with Gasteiger partial charge in [-0.2, -0.15) is 0 Å². The first-order chi connectivity index (χ1) is 15.0. The molecule has 2 N–H and O–H groups in total. The van der Waals surface area contributed by atoms with Crippen molar-refractivity contribution in [1.82, 2.24) is 9.88 Å². The van der Waals surface area contributed by atoms with Gasteiger partial charge in [0, 0.05) is 18.5 Å². The molecular formula is C25H28FN3O2. The lowest BCUT2D eigenvalue weighted by Gasteiger charge is -2.54. The molecular weight excluding hydrogens is 393 g/mol. The molecule has 4 fully saturated rings. The Morgan fingerprint density at radius 1 is 1.13 bits per heavy atom. The number of rotatable bonds is 4. The largest absolute Gasteiger partial charge is 0.388 e. The van der Waals surface area contributed by atoms with Crippen LogP contribution < -0.4 is 4.90 Å². The number of aromatic nitrogens is 1. The first kappa shape index (κ1) is 20.4. The number of aliphatic hydroxyl groups excluding tert-OH is 1. The molecule has 5 heterocycles. The van der Waals surface area contributed by atoms with Gasteiger partial charge in [-0.1, -0.05) is 42.3 Å². The van der Waals surface area contributed by atoms with Crippen LogP contribution in [0.3, 0.4) is 0 Å². The fraction of sp³-hybridized carbons (Fsp3) is 0.480. The number of pyridine rings is 1. The maximum atomic E-state index is 13.9. The van der Waals surface area contributed by atoms with Crippen molar-refractivity contribution >= 4 is 5.82 Å². The summed E-state index contributed by atoms with van der Waals surface area (Å²) < 4.78 is 13.9. The quantitative estimate of drug-likeness (QED) is 0.741. The molecule has 0 amide bonds. The van der Waals surface area contributed by atoms with Crippen LogP contribution >= 0.6 is 0 Å². The molecule has 6 heteroatoms. The highest BCUT2D eigenvalue weighted by Gasteiger charge is 2.54. The van der Waals surface area contributed by atoms with Crippen molar-refractivity contribution in [2.75, 3.05) is 31.1 Å². The molecule has 0 spiro atoms. The van der Waals surface area contributed by atoms with Gasteiger partial charge in [-0.05, 0) is 43.5 Å². The lowest BCUT2D eigenvalue weighted by Crippen LogP contribution is -2.63. The number of hydrogen-bond acceptors (Lipinski definition) is 5. The highest BCUT2D eigenvalue weighted by molar-refractivity contribution is 5.48. The van der Waals surface area contributed by atoms with E-state index in [0.717, 1.165) is 42.8 Å². The fourth-order valence-electron chi connectivity index (χ4n) is 5.59. The maximum absolute atomic E-state index is 13.9. The van der Waals surface area contributed by atoms with Crippen LogP contribution in [0.1, 0.15) is 29.7 Å². The molecule has 0 aliphatic carbocycles. The van der Waals surface area contributed by atoms with E-state index in [1.54, 1.807) is 4.90 Å². The maximum Gasteiger partial charge on any atom is 0.145 e. The minimum absolute atomic E-state index is 0.0876. The summed E-state index contributed by atoms with van der Waals surface area (Å²) in [5, 5.41) is 21.9. The second-order valence-electron chi connectivity index (χ2n) is 9.02. The summed E-state index contributed by atoms with van der Waals surface area (Å²) in [6.07, 6.45) is 5.99. The lowest BCUT2D eigenvalue weighted by atomic mass is 9.66. The number of hydrogen-bond donors (Lipinski definition) is 2. The van der Waals surface area contributed by atoms with Gasteiger partial charge in [0.05, 0.1) is 12.2 Å². The van der Waals surface area contributed by atoms with Gasteiger partial charge >= 0.3 is 0 Å². The normalized spacial score (nSPS) is 34.6. The third-order valence-corrected chi connectivity index (χ3v) is 7.24. The summed E-state index contributed by atoms with van der Waals surface area (Å²) >= 11 is 0. The van der Waals surface area contributed by atoms with E-state index < -0.39 is 17.9 Å². The second-order valence-corrected chi connectivity index (χ2v) is 9.02. The summed E-state index contributed by atoms with van der Waals surface area (Å²) in [6.45, 7) is 2.15. The smallest absolute Gasteiger partial charge is 0.145 e. The van der Waals surface area contributed by atoms with Crippen molar-refractivity contribution < 1.29 is 14.6 Å². The van der Waals surface area contributed by atoms with Gasteiger partial charge in [-0.25, -0.2) is 9.37 Å². The number of terminal acetylenes is 1. The highest BCUT2D eigenvalue weighted by atomic mass is 19.1. The molecule has 2 aromatic rings. The number of aliphatic hydroxyl groups is 2. The van der Waals surface area contributed by atoms with Crippen LogP contribution in [-0.2, 0) is 12.0 Å². The first-order valence-electron chi connectivity index (χ1n) is 11.0. The van der Waals surface area contributed by atoms with Crippen LogP contribution in [0.15, 0.2) is 42.5 Å². The van der Waals surface area contributed by atoms with Gasteiger partial charge < -0.3 is 15.1 Å². The second kappa shape index (κ2) is 7.90. The zero-order valence-electron chi connectivity index (χ0n) is 17.5. The Hall–Kier alpha value is -2.46. The molecule has 0 saturated carbocycles. The van der Waals surface area contributed by atoms with Crippen LogP contribution in [-0.4, -0.2) is 64.6 Å². The number of anilines is 1. The SMILES string of the molecule is C#CC1N2CCC(CC2)[C@@]1(O)c1ccc(N2C[C@@H](O)[C@@H](F)C2)nc1Cc1ccccc1. The van der Waals surface area contributed by atoms with E-state index in [0.29, 0.717) is 12.2 Å². The fourth-order valence-corrected chi connectivity index (χ4v) is 5.59. The Bertz CT molecular complexity index is 976. The number of halogens is 1. The Kier molecular flexibility index (Phi) is 5.21. The Morgan fingerprint density at radius 2 is 1.87 bits per heavy atom. The molecule has 2 bridgehead atoms. The van der Waals surface area contributed by atoms with E-state index in [-0.39, 0.29) is 25.0 Å². The monoisotopic (exact) mass is 421 g/mol. The van der Waals surface area contributed by atoms with Crippen LogP contribution in [0.25, 0.3) is 0 Å². The van der Waals surface area contributed by atoms with Crippen LogP contribution in [0.4, 0.5) is 10.2 Å². The van der Waals surface area contributed by atoms with Gasteiger partial charge in [-0.3, -0.25) is 4.90 Å². The molecule has 4 aliphatic rings. The molecule has 6 rings (SSSR count). The predicted molar refractivity (Wildman–Crippen MR) is 117 cm³/mol. The molecule has 1 aromatic heterocycles. The van der Waals surface area contributed by atoms with Crippen molar-refractivity contribution in [3.05, 3.63) is 59.3 Å². The third-order valence-electron chi connectivity index (χ3n) is 7.24. The van der Waals surface area contributed by atoms with Crippen LogP contribution in [0.2, 0.25) is 0 Å². The van der Waals surface area contributed by atoms with E-state index in [1.165, 1.54) is 0 Å². The molecule has 4 saturated heterocycles. The average molecular weight is 422 g/mol. The van der Waals surface area contributed by atoms with Crippen LogP contribution in [0.5, 0.6) is 0 Å². The van der Waals surface area contributed by atoms with Crippen molar-refractivity contribution in [3.63, 3.8) is 0 Å². The standard InChI is InChI=1S/C25H28FN3O2/c1-2-23-25(31,18-10-12-28(23)13-11-18)19-8-9-24(29-15-20(26)22(30)16-29)27-21(19)14-17-6-4-3-5-7-17/h1,3-9,18,20,22-23,30-31H,10-16H2/t20-,22+,23?,25+/m0/s1. The number of benzene rings is 1. The summed E-state index contributed by atoms with van der Waals surface area (Å²) in [7, 11) is 0. The van der Waals surface area contributed by atoms with Gasteiger partial charge in [0.25, 0.3) is 0 Å². The lowest BCUT2D eigenvalue weighted by molar-refractivity contribution is -0.143. The first-order valence-corrected chi connectivity index (χ1v) is 11.0. The van der Waals surface area contributed by atoms with Crippen molar-refractivity contribution in [2.45, 2.75) is 43.2 Å². The number of fused-ring (bicyclic) bond motifs is 3.